The summed E-state index contributed by atoms with van der Waals surface area (Å²) in [5.74, 6) is 0.344. The first-order valence-electron chi connectivity index (χ1n) is 3.72. The van der Waals surface area contributed by atoms with Crippen LogP contribution in [0, 0.1) is 3.57 Å². The lowest BCUT2D eigenvalue weighted by Gasteiger charge is -2.01. The van der Waals surface area contributed by atoms with Crippen LogP contribution < -0.4 is 11.3 Å². The van der Waals surface area contributed by atoms with E-state index in [-0.39, 0.29) is 11.2 Å². The molecule has 0 atom stereocenters. The number of nitrogens with zero attached hydrogens (tertiary/aromatic N) is 3. The van der Waals surface area contributed by atoms with Gasteiger partial charge >= 0.3 is 0 Å². The number of nitrogens with one attached hydrogen (secondary N) is 1. The summed E-state index contributed by atoms with van der Waals surface area (Å²) in [5, 5.41) is 4.00. The first-order chi connectivity index (χ1) is 6.68. The van der Waals surface area contributed by atoms with Gasteiger partial charge in [-0.3, -0.25) is 4.79 Å². The zero-order chi connectivity index (χ0) is 10.1. The zero-order valence-electron chi connectivity index (χ0n) is 6.94. The van der Waals surface area contributed by atoms with Crippen molar-refractivity contribution in [2.75, 3.05) is 5.73 Å². The van der Waals surface area contributed by atoms with E-state index in [2.05, 4.69) is 37.7 Å². The van der Waals surface area contributed by atoms with Gasteiger partial charge in [-0.15, -0.1) is 0 Å². The Bertz CT molecular complexity index is 517. The van der Waals surface area contributed by atoms with E-state index in [1.807, 2.05) is 0 Å². The highest BCUT2D eigenvalue weighted by molar-refractivity contribution is 14.1. The molecular formula is C7H6IN5O. The molecule has 0 aliphatic carbocycles. The summed E-state index contributed by atoms with van der Waals surface area (Å²) in [7, 11) is 0. The van der Waals surface area contributed by atoms with Crippen molar-refractivity contribution < 1.29 is 0 Å². The van der Waals surface area contributed by atoms with Gasteiger partial charge in [-0.2, -0.15) is 5.10 Å². The first kappa shape index (κ1) is 9.19. The molecule has 3 N–H and O–H groups in total. The van der Waals surface area contributed by atoms with E-state index >= 15 is 0 Å². The molecule has 0 amide bonds. The molecular weight excluding hydrogens is 297 g/mol. The lowest BCUT2D eigenvalue weighted by atomic mass is 10.5. The molecule has 2 aromatic heterocycles. The Morgan fingerprint density at radius 3 is 3.00 bits per heavy atom. The number of nitrogens with two attached hydrogens (primary N) is 1. The van der Waals surface area contributed by atoms with Crippen LogP contribution in [0.25, 0.3) is 5.82 Å². The van der Waals surface area contributed by atoms with E-state index in [1.165, 1.54) is 11.0 Å². The summed E-state index contributed by atoms with van der Waals surface area (Å²) in [5.41, 5.74) is 5.26. The van der Waals surface area contributed by atoms with Crippen molar-refractivity contribution in [2.45, 2.75) is 0 Å². The van der Waals surface area contributed by atoms with Gasteiger partial charge < -0.3 is 10.7 Å². The van der Waals surface area contributed by atoms with Gasteiger partial charge in [-0.05, 0) is 22.6 Å². The molecule has 0 unspecified atom stereocenters. The van der Waals surface area contributed by atoms with E-state index in [0.29, 0.717) is 5.82 Å². The molecule has 7 heteroatoms. The minimum Gasteiger partial charge on any atom is -0.391 e. The summed E-state index contributed by atoms with van der Waals surface area (Å²) in [6.07, 6.45) is 4.68. The number of aromatic amines is 1. The number of hydrogen-bond acceptors (Lipinski definition) is 4. The van der Waals surface area contributed by atoms with Gasteiger partial charge in [0.1, 0.15) is 5.69 Å². The third-order valence-electron chi connectivity index (χ3n) is 1.64. The molecule has 2 aromatic rings. The average Bonchev–Trinajstić information content (AvgIpc) is 2.57. The zero-order valence-corrected chi connectivity index (χ0v) is 9.09. The molecule has 0 spiro atoms. The lowest BCUT2D eigenvalue weighted by Crippen LogP contribution is -2.16. The smallest absolute Gasteiger partial charge is 0.276 e. The minimum absolute atomic E-state index is 0.0620. The van der Waals surface area contributed by atoms with Gasteiger partial charge in [0.2, 0.25) is 0 Å². The maximum absolute atomic E-state index is 11.2. The largest absolute Gasteiger partial charge is 0.391 e. The Morgan fingerprint density at radius 1 is 1.57 bits per heavy atom. The monoisotopic (exact) mass is 303 g/mol. The Morgan fingerprint density at radius 2 is 2.36 bits per heavy atom. The summed E-state index contributed by atoms with van der Waals surface area (Å²) < 4.78 is 2.41. The predicted octanol–water partition coefficient (Wildman–Crippen LogP) is 0.142. The fraction of sp³-hybridized carbons (Fsp3) is 0. The third-order valence-corrected chi connectivity index (χ3v) is 2.19. The fourth-order valence-electron chi connectivity index (χ4n) is 1.00. The minimum atomic E-state index is -0.361. The number of nitrogen functional groups attached to an aromatic ring is 1. The van der Waals surface area contributed by atoms with Crippen molar-refractivity contribution >= 4 is 28.3 Å². The number of H-pyrrole nitrogens is 1. The van der Waals surface area contributed by atoms with Crippen LogP contribution >= 0.6 is 22.6 Å². The topological polar surface area (TPSA) is 89.6 Å². The maximum Gasteiger partial charge on any atom is 0.276 e. The molecule has 0 aromatic carbocycles. The van der Waals surface area contributed by atoms with Gasteiger partial charge in [-0.1, -0.05) is 0 Å². The van der Waals surface area contributed by atoms with Gasteiger partial charge in [0.05, 0.1) is 16.1 Å². The van der Waals surface area contributed by atoms with Gasteiger partial charge in [0, 0.05) is 6.20 Å². The van der Waals surface area contributed by atoms with Crippen LogP contribution in [0.3, 0.4) is 0 Å². The molecule has 0 aliphatic rings. The molecule has 0 aliphatic heterocycles. The second kappa shape index (κ2) is 3.40. The average molecular weight is 303 g/mol. The van der Waals surface area contributed by atoms with Crippen LogP contribution in [-0.2, 0) is 0 Å². The van der Waals surface area contributed by atoms with E-state index in [4.69, 9.17) is 5.73 Å². The lowest BCUT2D eigenvalue weighted by molar-refractivity contribution is 0.839. The normalized spacial score (nSPS) is 10.4. The number of anilines is 1. The molecule has 0 fully saturated rings. The van der Waals surface area contributed by atoms with Crippen molar-refractivity contribution in [3.8, 4) is 5.82 Å². The maximum atomic E-state index is 11.2. The molecule has 2 heterocycles. The van der Waals surface area contributed by atoms with Crippen LogP contribution in [0.4, 0.5) is 5.69 Å². The van der Waals surface area contributed by atoms with E-state index in [1.54, 1.807) is 12.4 Å². The number of halogens is 1. The molecule has 6 nitrogen and oxygen atoms in total. The molecule has 0 saturated heterocycles. The standard InChI is InChI=1S/C7H6IN5O/c8-4-1-12-13(2-4)6-5(9)7(14)11-3-10-6/h1-3H,9H2,(H,10,11,14). The number of hydrogen-bond donors (Lipinski definition) is 2. The quantitative estimate of drug-likeness (QED) is 0.734. The Hall–Kier alpha value is -1.38. The fourth-order valence-corrected chi connectivity index (χ4v) is 1.39. The number of rotatable bonds is 1. The summed E-state index contributed by atoms with van der Waals surface area (Å²) in [6.45, 7) is 0. The Kier molecular flexibility index (Phi) is 2.23. The summed E-state index contributed by atoms with van der Waals surface area (Å²) >= 11 is 2.11. The van der Waals surface area contributed by atoms with Crippen LogP contribution in [0.2, 0.25) is 0 Å². The molecule has 2 rings (SSSR count). The van der Waals surface area contributed by atoms with E-state index in [0.717, 1.165) is 3.57 Å². The van der Waals surface area contributed by atoms with Crippen LogP contribution in [0.1, 0.15) is 0 Å². The molecule has 0 saturated carbocycles. The van der Waals surface area contributed by atoms with E-state index < -0.39 is 0 Å². The van der Waals surface area contributed by atoms with Crippen molar-refractivity contribution in [1.29, 1.82) is 0 Å². The van der Waals surface area contributed by atoms with Crippen molar-refractivity contribution in [2.24, 2.45) is 0 Å². The van der Waals surface area contributed by atoms with Crippen molar-refractivity contribution in [3.05, 3.63) is 32.6 Å². The van der Waals surface area contributed by atoms with Gasteiger partial charge in [-0.25, -0.2) is 9.67 Å². The van der Waals surface area contributed by atoms with Crippen molar-refractivity contribution in [3.63, 3.8) is 0 Å². The Balaban J connectivity index is 2.63. The molecule has 14 heavy (non-hydrogen) atoms. The first-order valence-corrected chi connectivity index (χ1v) is 4.80. The molecule has 0 bridgehead atoms. The third kappa shape index (κ3) is 1.50. The summed E-state index contributed by atoms with van der Waals surface area (Å²) in [6, 6.07) is 0. The van der Waals surface area contributed by atoms with Crippen LogP contribution in [0.5, 0.6) is 0 Å². The van der Waals surface area contributed by atoms with Crippen LogP contribution in [0.15, 0.2) is 23.5 Å². The second-order valence-electron chi connectivity index (χ2n) is 2.57. The molecule has 72 valence electrons. The van der Waals surface area contributed by atoms with Gasteiger partial charge in [0.15, 0.2) is 5.82 Å². The van der Waals surface area contributed by atoms with Crippen molar-refractivity contribution in [1.82, 2.24) is 19.7 Å². The predicted molar refractivity (Wildman–Crippen MR) is 59.1 cm³/mol. The molecule has 0 radical (unpaired) electrons. The van der Waals surface area contributed by atoms with Gasteiger partial charge in [0.25, 0.3) is 5.56 Å². The highest BCUT2D eigenvalue weighted by Gasteiger charge is 2.07. The number of aromatic nitrogens is 4. The highest BCUT2D eigenvalue weighted by Crippen LogP contribution is 2.09. The second-order valence-corrected chi connectivity index (χ2v) is 3.82. The highest BCUT2D eigenvalue weighted by atomic mass is 127. The SMILES string of the molecule is Nc1c(-n2cc(I)cn2)nc[nH]c1=O. The Labute approximate surface area is 92.3 Å². The van der Waals surface area contributed by atoms with E-state index in [9.17, 15) is 4.79 Å². The van der Waals surface area contributed by atoms with Crippen LogP contribution in [-0.4, -0.2) is 19.7 Å². The summed E-state index contributed by atoms with van der Waals surface area (Å²) in [4.78, 5) is 17.5.